The van der Waals surface area contributed by atoms with E-state index in [2.05, 4.69) is 11.9 Å². The van der Waals surface area contributed by atoms with E-state index in [-0.39, 0.29) is 17.1 Å². The number of nitro groups is 1. The summed E-state index contributed by atoms with van der Waals surface area (Å²) in [6, 6.07) is 16.4. The number of ether oxygens (including phenoxy) is 1. The Morgan fingerprint density at radius 3 is 2.52 bits per heavy atom. The van der Waals surface area contributed by atoms with Crippen LogP contribution in [0.2, 0.25) is 0 Å². The third-order valence-corrected chi connectivity index (χ3v) is 4.99. The molecule has 0 spiro atoms. The molecule has 4 rings (SSSR count). The van der Waals surface area contributed by atoms with Crippen LogP contribution in [0.25, 0.3) is 33.7 Å². The van der Waals surface area contributed by atoms with Crippen molar-refractivity contribution in [3.63, 3.8) is 0 Å². The number of hydrogen-bond acceptors (Lipinski definition) is 5. The van der Waals surface area contributed by atoms with Crippen LogP contribution in [-0.4, -0.2) is 16.5 Å². The number of rotatable bonds is 8. The molecular weight excluding hydrogens is 399 g/mol. The van der Waals surface area contributed by atoms with E-state index >= 15 is 0 Å². The summed E-state index contributed by atoms with van der Waals surface area (Å²) < 4.78 is 26.2. The van der Waals surface area contributed by atoms with Gasteiger partial charge in [-0.2, -0.15) is 0 Å². The predicted molar refractivity (Wildman–Crippen MR) is 117 cm³/mol. The second-order valence-electron chi connectivity index (χ2n) is 7.20. The lowest BCUT2D eigenvalue weighted by molar-refractivity contribution is -0.384. The molecule has 31 heavy (non-hydrogen) atoms. The Morgan fingerprint density at radius 1 is 1.03 bits per heavy atom. The lowest BCUT2D eigenvalue weighted by Gasteiger charge is -2.08. The predicted octanol–water partition coefficient (Wildman–Crippen LogP) is 6.78. The molecule has 0 saturated heterocycles. The second-order valence-corrected chi connectivity index (χ2v) is 7.20. The summed E-state index contributed by atoms with van der Waals surface area (Å²) >= 11 is 0. The standard InChI is InChI=1S/C24H21FN2O4/c1-2-3-4-13-30-19-9-5-16(6-10-19)17-7-11-20(21(25)14-17)24-26-22-15-18(27(28)29)8-12-23(22)31-24/h5-12,14-15H,2-4,13H2,1H3. The molecule has 0 bridgehead atoms. The van der Waals surface area contributed by atoms with Crippen molar-refractivity contribution in [1.82, 2.24) is 4.98 Å². The average Bonchev–Trinajstić information content (AvgIpc) is 3.20. The quantitative estimate of drug-likeness (QED) is 0.178. The third-order valence-electron chi connectivity index (χ3n) is 4.99. The van der Waals surface area contributed by atoms with E-state index < -0.39 is 10.7 Å². The summed E-state index contributed by atoms with van der Waals surface area (Å²) in [7, 11) is 0. The van der Waals surface area contributed by atoms with Crippen molar-refractivity contribution in [1.29, 1.82) is 0 Å². The van der Waals surface area contributed by atoms with Crippen molar-refractivity contribution in [2.75, 3.05) is 6.61 Å². The van der Waals surface area contributed by atoms with Crippen molar-refractivity contribution in [3.8, 4) is 28.3 Å². The monoisotopic (exact) mass is 420 g/mol. The molecule has 0 atom stereocenters. The molecule has 0 aliphatic rings. The largest absolute Gasteiger partial charge is 0.494 e. The van der Waals surface area contributed by atoms with E-state index in [9.17, 15) is 14.5 Å². The summed E-state index contributed by atoms with van der Waals surface area (Å²) in [5.41, 5.74) is 2.34. The summed E-state index contributed by atoms with van der Waals surface area (Å²) in [5, 5.41) is 10.9. The maximum absolute atomic E-state index is 14.8. The molecule has 0 amide bonds. The molecule has 0 radical (unpaired) electrons. The molecule has 3 aromatic carbocycles. The smallest absolute Gasteiger partial charge is 0.271 e. The molecule has 0 aliphatic heterocycles. The van der Waals surface area contributed by atoms with E-state index in [1.807, 2.05) is 24.3 Å². The van der Waals surface area contributed by atoms with Crippen LogP contribution in [0.4, 0.5) is 10.1 Å². The zero-order valence-electron chi connectivity index (χ0n) is 17.0. The maximum Gasteiger partial charge on any atom is 0.271 e. The van der Waals surface area contributed by atoms with Gasteiger partial charge in [-0.05, 0) is 47.9 Å². The van der Waals surface area contributed by atoms with Gasteiger partial charge in [-0.25, -0.2) is 9.37 Å². The highest BCUT2D eigenvalue weighted by molar-refractivity contribution is 5.79. The van der Waals surface area contributed by atoms with Crippen molar-refractivity contribution in [3.05, 3.63) is 76.6 Å². The zero-order valence-corrected chi connectivity index (χ0v) is 17.0. The van der Waals surface area contributed by atoms with Crippen LogP contribution < -0.4 is 4.74 Å². The Balaban J connectivity index is 1.54. The first-order chi connectivity index (χ1) is 15.0. The second kappa shape index (κ2) is 8.95. The Labute approximate surface area is 178 Å². The molecule has 4 aromatic rings. The highest BCUT2D eigenvalue weighted by Gasteiger charge is 2.16. The molecule has 7 heteroatoms. The van der Waals surface area contributed by atoms with Crippen molar-refractivity contribution in [2.24, 2.45) is 0 Å². The number of unbranched alkanes of at least 4 members (excludes halogenated alkanes) is 2. The van der Waals surface area contributed by atoms with Crippen LogP contribution in [0.3, 0.4) is 0 Å². The molecular formula is C24H21FN2O4. The fourth-order valence-corrected chi connectivity index (χ4v) is 3.30. The minimum absolute atomic E-state index is 0.0791. The Hall–Kier alpha value is -3.74. The zero-order chi connectivity index (χ0) is 21.8. The highest BCUT2D eigenvalue weighted by Crippen LogP contribution is 2.31. The fourth-order valence-electron chi connectivity index (χ4n) is 3.30. The number of nitrogens with zero attached hydrogens (tertiary/aromatic N) is 2. The number of fused-ring (bicyclic) bond motifs is 1. The van der Waals surface area contributed by atoms with Gasteiger partial charge in [0.05, 0.1) is 17.1 Å². The summed E-state index contributed by atoms with van der Waals surface area (Å²) in [6.07, 6.45) is 3.31. The molecule has 0 saturated carbocycles. The molecule has 6 nitrogen and oxygen atoms in total. The van der Waals surface area contributed by atoms with Crippen LogP contribution in [0.5, 0.6) is 5.75 Å². The van der Waals surface area contributed by atoms with Gasteiger partial charge in [-0.1, -0.05) is 38.0 Å². The molecule has 1 aromatic heterocycles. The van der Waals surface area contributed by atoms with Gasteiger partial charge in [0.2, 0.25) is 5.89 Å². The first-order valence-corrected chi connectivity index (χ1v) is 10.1. The van der Waals surface area contributed by atoms with Crippen LogP contribution >= 0.6 is 0 Å². The van der Waals surface area contributed by atoms with Gasteiger partial charge in [0.15, 0.2) is 5.58 Å². The van der Waals surface area contributed by atoms with Crippen molar-refractivity contribution in [2.45, 2.75) is 26.2 Å². The van der Waals surface area contributed by atoms with Gasteiger partial charge in [0.1, 0.15) is 17.1 Å². The van der Waals surface area contributed by atoms with Gasteiger partial charge in [-0.3, -0.25) is 10.1 Å². The summed E-state index contributed by atoms with van der Waals surface area (Å²) in [6.45, 7) is 2.83. The van der Waals surface area contributed by atoms with E-state index in [4.69, 9.17) is 9.15 Å². The van der Waals surface area contributed by atoms with Gasteiger partial charge in [-0.15, -0.1) is 0 Å². The molecule has 0 unspecified atom stereocenters. The number of oxazole rings is 1. The van der Waals surface area contributed by atoms with Crippen LogP contribution in [0.1, 0.15) is 26.2 Å². The maximum atomic E-state index is 14.8. The van der Waals surface area contributed by atoms with E-state index in [1.54, 1.807) is 12.1 Å². The first-order valence-electron chi connectivity index (χ1n) is 10.1. The Bertz CT molecular complexity index is 1220. The lowest BCUT2D eigenvalue weighted by Crippen LogP contribution is -1.96. The number of benzene rings is 3. The van der Waals surface area contributed by atoms with Crippen LogP contribution in [-0.2, 0) is 0 Å². The van der Waals surface area contributed by atoms with Gasteiger partial charge < -0.3 is 9.15 Å². The molecule has 0 fully saturated rings. The Morgan fingerprint density at radius 2 is 1.81 bits per heavy atom. The SMILES string of the molecule is CCCCCOc1ccc(-c2ccc(-c3nc4cc([N+](=O)[O-])ccc4o3)c(F)c2)cc1. The first kappa shape index (κ1) is 20.5. The van der Waals surface area contributed by atoms with E-state index in [0.29, 0.717) is 23.3 Å². The average molecular weight is 420 g/mol. The molecule has 0 N–H and O–H groups in total. The third kappa shape index (κ3) is 4.55. The van der Waals surface area contributed by atoms with Gasteiger partial charge in [0.25, 0.3) is 5.69 Å². The topological polar surface area (TPSA) is 78.4 Å². The number of non-ortho nitro benzene ring substituents is 1. The van der Waals surface area contributed by atoms with Crippen LogP contribution in [0.15, 0.2) is 65.1 Å². The molecule has 1 heterocycles. The molecule has 158 valence electrons. The highest BCUT2D eigenvalue weighted by atomic mass is 19.1. The van der Waals surface area contributed by atoms with Crippen LogP contribution in [0, 0.1) is 15.9 Å². The minimum Gasteiger partial charge on any atom is -0.494 e. The van der Waals surface area contributed by atoms with E-state index in [1.165, 1.54) is 24.3 Å². The number of hydrogen-bond donors (Lipinski definition) is 0. The van der Waals surface area contributed by atoms with E-state index in [0.717, 1.165) is 30.6 Å². The van der Waals surface area contributed by atoms with Gasteiger partial charge >= 0.3 is 0 Å². The fraction of sp³-hybridized carbons (Fsp3) is 0.208. The number of halogens is 1. The minimum atomic E-state index is -0.509. The van der Waals surface area contributed by atoms with Crippen molar-refractivity contribution < 1.29 is 18.5 Å². The lowest BCUT2D eigenvalue weighted by atomic mass is 10.0. The summed E-state index contributed by atoms with van der Waals surface area (Å²) in [4.78, 5) is 14.6. The normalized spacial score (nSPS) is 11.0. The summed E-state index contributed by atoms with van der Waals surface area (Å²) in [5.74, 6) is 0.381. The Kier molecular flexibility index (Phi) is 5.93. The molecule has 0 aliphatic carbocycles. The van der Waals surface area contributed by atoms with Crippen molar-refractivity contribution >= 4 is 16.8 Å². The number of aromatic nitrogens is 1. The number of nitro benzene ring substituents is 1. The van der Waals surface area contributed by atoms with Gasteiger partial charge in [0, 0.05) is 12.1 Å².